The fourth-order valence-electron chi connectivity index (χ4n) is 2.23. The minimum Gasteiger partial charge on any atom is -0.324 e. The number of aromatic nitrogens is 1. The van der Waals surface area contributed by atoms with Crippen LogP contribution in [0.5, 0.6) is 0 Å². The Morgan fingerprint density at radius 2 is 1.65 bits per heavy atom. The summed E-state index contributed by atoms with van der Waals surface area (Å²) in [6.07, 6.45) is 0. The molecule has 2 amide bonds. The molecule has 132 valence electrons. The number of halogens is 2. The minimum atomic E-state index is -0.954. The molecule has 8 heteroatoms. The summed E-state index contributed by atoms with van der Waals surface area (Å²) >= 11 is 1.11. The average Bonchev–Trinajstić information content (AvgIpc) is 3.10. The SMILES string of the molecule is CC(=O)Nc1cc(NC(=O)c2nc(-c3ccccc3)cs2)c(F)cc1F. The number of nitrogens with one attached hydrogen (secondary N) is 2. The van der Waals surface area contributed by atoms with Crippen LogP contribution in [-0.4, -0.2) is 16.8 Å². The summed E-state index contributed by atoms with van der Waals surface area (Å²) in [4.78, 5) is 27.6. The summed E-state index contributed by atoms with van der Waals surface area (Å²) < 4.78 is 27.6. The van der Waals surface area contributed by atoms with E-state index in [2.05, 4.69) is 15.6 Å². The van der Waals surface area contributed by atoms with E-state index < -0.39 is 23.4 Å². The molecule has 0 aliphatic rings. The van der Waals surface area contributed by atoms with Crippen LogP contribution in [0.1, 0.15) is 16.7 Å². The molecule has 3 rings (SSSR count). The standard InChI is InChI=1S/C18H13F2N3O2S/c1-10(24)21-14-8-15(13(20)7-12(14)19)22-17(25)18-23-16(9-26-18)11-5-3-2-4-6-11/h2-9H,1H3,(H,21,24)(H,22,25). The molecule has 0 spiro atoms. The van der Waals surface area contributed by atoms with Gasteiger partial charge in [0.15, 0.2) is 5.01 Å². The lowest BCUT2D eigenvalue weighted by Crippen LogP contribution is -2.14. The Hall–Kier alpha value is -3.13. The monoisotopic (exact) mass is 373 g/mol. The third-order valence-electron chi connectivity index (χ3n) is 3.38. The van der Waals surface area contributed by atoms with Gasteiger partial charge in [0, 0.05) is 23.9 Å². The van der Waals surface area contributed by atoms with E-state index in [0.717, 1.165) is 23.0 Å². The Balaban J connectivity index is 1.82. The first-order valence-corrected chi connectivity index (χ1v) is 8.41. The summed E-state index contributed by atoms with van der Waals surface area (Å²) in [5.74, 6) is -3.03. The molecule has 0 saturated heterocycles. The second-order valence-electron chi connectivity index (χ2n) is 5.35. The first kappa shape index (κ1) is 17.7. The maximum atomic E-state index is 13.9. The fraction of sp³-hybridized carbons (Fsp3) is 0.0556. The van der Waals surface area contributed by atoms with Gasteiger partial charge in [-0.25, -0.2) is 13.8 Å². The molecular weight excluding hydrogens is 360 g/mol. The van der Waals surface area contributed by atoms with Crippen molar-refractivity contribution in [3.05, 3.63) is 64.5 Å². The predicted molar refractivity (Wildman–Crippen MR) is 96.2 cm³/mol. The molecule has 3 aromatic rings. The lowest BCUT2D eigenvalue weighted by Gasteiger charge is -2.09. The van der Waals surface area contributed by atoms with Crippen LogP contribution in [0.15, 0.2) is 47.8 Å². The maximum absolute atomic E-state index is 13.9. The number of thiazole rings is 1. The molecule has 1 heterocycles. The van der Waals surface area contributed by atoms with Gasteiger partial charge < -0.3 is 10.6 Å². The van der Waals surface area contributed by atoms with Gasteiger partial charge in [0.1, 0.15) is 11.6 Å². The van der Waals surface area contributed by atoms with Crippen LogP contribution in [0.4, 0.5) is 20.2 Å². The van der Waals surface area contributed by atoms with Gasteiger partial charge in [0.05, 0.1) is 17.1 Å². The van der Waals surface area contributed by atoms with Crippen molar-refractivity contribution in [1.29, 1.82) is 0 Å². The highest BCUT2D eigenvalue weighted by Crippen LogP contribution is 2.26. The van der Waals surface area contributed by atoms with Gasteiger partial charge in [-0.1, -0.05) is 30.3 Å². The number of hydrogen-bond donors (Lipinski definition) is 2. The Morgan fingerprint density at radius 1 is 1.00 bits per heavy atom. The third-order valence-corrected chi connectivity index (χ3v) is 4.22. The smallest absolute Gasteiger partial charge is 0.284 e. The molecule has 5 nitrogen and oxygen atoms in total. The highest BCUT2D eigenvalue weighted by Gasteiger charge is 2.17. The minimum absolute atomic E-state index is 0.133. The molecule has 0 atom stereocenters. The van der Waals surface area contributed by atoms with Crippen LogP contribution >= 0.6 is 11.3 Å². The van der Waals surface area contributed by atoms with Crippen LogP contribution in [-0.2, 0) is 4.79 Å². The number of carbonyl (C=O) groups is 2. The number of rotatable bonds is 4. The first-order valence-electron chi connectivity index (χ1n) is 7.53. The topological polar surface area (TPSA) is 71.1 Å². The number of nitrogens with zero attached hydrogens (tertiary/aromatic N) is 1. The molecular formula is C18H13F2N3O2S. The highest BCUT2D eigenvalue weighted by molar-refractivity contribution is 7.12. The lowest BCUT2D eigenvalue weighted by atomic mass is 10.2. The van der Waals surface area contributed by atoms with E-state index in [1.54, 1.807) is 5.38 Å². The van der Waals surface area contributed by atoms with E-state index in [1.807, 2.05) is 30.3 Å². The molecule has 0 fully saturated rings. The van der Waals surface area contributed by atoms with Crippen molar-refractivity contribution in [3.63, 3.8) is 0 Å². The van der Waals surface area contributed by atoms with Gasteiger partial charge in [-0.2, -0.15) is 0 Å². The average molecular weight is 373 g/mol. The number of hydrogen-bond acceptors (Lipinski definition) is 4. The molecule has 0 bridgehead atoms. The number of amides is 2. The number of anilines is 2. The molecule has 0 radical (unpaired) electrons. The van der Waals surface area contributed by atoms with Crippen LogP contribution in [0.3, 0.4) is 0 Å². The maximum Gasteiger partial charge on any atom is 0.284 e. The molecule has 2 aromatic carbocycles. The largest absolute Gasteiger partial charge is 0.324 e. The van der Waals surface area contributed by atoms with Crippen molar-refractivity contribution < 1.29 is 18.4 Å². The van der Waals surface area contributed by atoms with Gasteiger partial charge in [0.2, 0.25) is 5.91 Å². The van der Waals surface area contributed by atoms with E-state index in [9.17, 15) is 18.4 Å². The lowest BCUT2D eigenvalue weighted by molar-refractivity contribution is -0.114. The van der Waals surface area contributed by atoms with E-state index in [1.165, 1.54) is 6.92 Å². The van der Waals surface area contributed by atoms with Gasteiger partial charge in [0.25, 0.3) is 5.91 Å². The zero-order valence-electron chi connectivity index (χ0n) is 13.5. The predicted octanol–water partition coefficient (Wildman–Crippen LogP) is 4.30. The molecule has 26 heavy (non-hydrogen) atoms. The van der Waals surface area contributed by atoms with Gasteiger partial charge in [-0.05, 0) is 6.07 Å². The van der Waals surface area contributed by atoms with Crippen molar-refractivity contribution in [1.82, 2.24) is 4.98 Å². The zero-order chi connectivity index (χ0) is 18.7. The summed E-state index contributed by atoms with van der Waals surface area (Å²) in [5, 5.41) is 6.43. The summed E-state index contributed by atoms with van der Waals surface area (Å²) in [7, 11) is 0. The van der Waals surface area contributed by atoms with Gasteiger partial charge >= 0.3 is 0 Å². The molecule has 1 aromatic heterocycles. The van der Waals surface area contributed by atoms with Crippen LogP contribution in [0.2, 0.25) is 0 Å². The van der Waals surface area contributed by atoms with Crippen molar-refractivity contribution in [2.75, 3.05) is 10.6 Å². The van der Waals surface area contributed by atoms with Crippen molar-refractivity contribution in [2.45, 2.75) is 6.92 Å². The van der Waals surface area contributed by atoms with E-state index in [4.69, 9.17) is 0 Å². The highest BCUT2D eigenvalue weighted by atomic mass is 32.1. The fourth-order valence-corrected chi connectivity index (χ4v) is 2.95. The third kappa shape index (κ3) is 3.92. The van der Waals surface area contributed by atoms with Gasteiger partial charge in [-0.15, -0.1) is 11.3 Å². The van der Waals surface area contributed by atoms with Crippen LogP contribution in [0, 0.1) is 11.6 Å². The second kappa shape index (κ2) is 7.40. The number of benzene rings is 2. The quantitative estimate of drug-likeness (QED) is 0.716. The summed E-state index contributed by atoms with van der Waals surface area (Å²) in [5.41, 5.74) is 0.998. The molecule has 0 aliphatic carbocycles. The Morgan fingerprint density at radius 3 is 2.31 bits per heavy atom. The number of carbonyl (C=O) groups excluding carboxylic acids is 2. The van der Waals surface area contributed by atoms with Crippen molar-refractivity contribution in [3.8, 4) is 11.3 Å². The zero-order valence-corrected chi connectivity index (χ0v) is 14.4. The van der Waals surface area contributed by atoms with Gasteiger partial charge in [-0.3, -0.25) is 9.59 Å². The molecule has 0 unspecified atom stereocenters. The van der Waals surface area contributed by atoms with Crippen LogP contribution in [0.25, 0.3) is 11.3 Å². The Labute approximate surface area is 151 Å². The van der Waals surface area contributed by atoms with Crippen molar-refractivity contribution >= 4 is 34.5 Å². The Kier molecular flexibility index (Phi) is 5.04. The summed E-state index contributed by atoms with van der Waals surface area (Å²) in [6, 6.07) is 10.9. The van der Waals surface area contributed by atoms with E-state index in [-0.39, 0.29) is 16.4 Å². The van der Waals surface area contributed by atoms with Crippen molar-refractivity contribution in [2.24, 2.45) is 0 Å². The normalized spacial score (nSPS) is 10.4. The Bertz CT molecular complexity index is 974. The second-order valence-corrected chi connectivity index (χ2v) is 6.21. The van der Waals surface area contributed by atoms with E-state index >= 15 is 0 Å². The molecule has 0 aliphatic heterocycles. The first-order chi connectivity index (χ1) is 12.4. The summed E-state index contributed by atoms with van der Waals surface area (Å²) in [6.45, 7) is 1.20. The van der Waals surface area contributed by atoms with E-state index in [0.29, 0.717) is 11.8 Å². The van der Waals surface area contributed by atoms with Crippen LogP contribution < -0.4 is 10.6 Å². The molecule has 2 N–H and O–H groups in total. The molecule has 0 saturated carbocycles.